The van der Waals surface area contributed by atoms with Gasteiger partial charge in [0, 0.05) is 0 Å². The first-order chi connectivity index (χ1) is 11.1. The summed E-state index contributed by atoms with van der Waals surface area (Å²) in [5, 5.41) is 0. The van der Waals surface area contributed by atoms with Gasteiger partial charge >= 0.3 is 0 Å². The second-order valence-corrected chi connectivity index (χ2v) is 6.03. The quantitative estimate of drug-likeness (QED) is 0.641. The maximum atomic E-state index is 13.8. The van der Waals surface area contributed by atoms with E-state index < -0.39 is 17.5 Å². The fraction of sp³-hybridized carbons (Fsp3) is 0.300. The summed E-state index contributed by atoms with van der Waals surface area (Å²) in [6.07, 6.45) is 6.03. The van der Waals surface area contributed by atoms with Crippen molar-refractivity contribution in [2.24, 2.45) is 0 Å². The van der Waals surface area contributed by atoms with Gasteiger partial charge in [0.05, 0.1) is 0 Å². The second-order valence-electron chi connectivity index (χ2n) is 6.03. The topological polar surface area (TPSA) is 0 Å². The van der Waals surface area contributed by atoms with E-state index in [1.54, 1.807) is 0 Å². The summed E-state index contributed by atoms with van der Waals surface area (Å²) in [6.45, 7) is 2.17. The molecule has 0 bridgehead atoms. The van der Waals surface area contributed by atoms with Crippen LogP contribution >= 0.6 is 0 Å². The highest BCUT2D eigenvalue weighted by molar-refractivity contribution is 5.70. The molecule has 0 unspecified atom stereocenters. The van der Waals surface area contributed by atoms with Crippen molar-refractivity contribution in [3.8, 4) is 0 Å². The lowest BCUT2D eigenvalue weighted by molar-refractivity contribution is 0.440. The number of hydrogen-bond acceptors (Lipinski definition) is 0. The predicted molar refractivity (Wildman–Crippen MR) is 86.8 cm³/mol. The molecule has 0 saturated carbocycles. The van der Waals surface area contributed by atoms with Crippen LogP contribution in [0.15, 0.2) is 36.4 Å². The summed E-state index contributed by atoms with van der Waals surface area (Å²) in [5.41, 5.74) is 4.19. The average Bonchev–Trinajstić information content (AvgIpc) is 2.58. The molecule has 3 heteroatoms. The van der Waals surface area contributed by atoms with Crippen LogP contribution in [-0.2, 0) is 19.3 Å². The van der Waals surface area contributed by atoms with Crippen molar-refractivity contribution in [1.29, 1.82) is 0 Å². The van der Waals surface area contributed by atoms with Crippen LogP contribution in [-0.4, -0.2) is 0 Å². The minimum atomic E-state index is -1.37. The van der Waals surface area contributed by atoms with Gasteiger partial charge in [-0.2, -0.15) is 0 Å². The van der Waals surface area contributed by atoms with Gasteiger partial charge in [0.1, 0.15) is 0 Å². The largest absolute Gasteiger partial charge is 0.204 e. The number of aryl methyl sites for hydroxylation is 1. The van der Waals surface area contributed by atoms with Crippen LogP contribution in [0.1, 0.15) is 42.0 Å². The zero-order valence-corrected chi connectivity index (χ0v) is 13.1. The lowest BCUT2D eigenvalue weighted by Crippen LogP contribution is -2.09. The van der Waals surface area contributed by atoms with Crippen LogP contribution in [0.4, 0.5) is 13.2 Å². The highest BCUT2D eigenvalue weighted by atomic mass is 19.2. The Balaban J connectivity index is 1.83. The smallest absolute Gasteiger partial charge is 0.194 e. The summed E-state index contributed by atoms with van der Waals surface area (Å²) in [7, 11) is 0. The molecule has 0 N–H and O–H groups in total. The molecule has 0 atom stereocenters. The molecule has 1 aliphatic carbocycles. The molecule has 23 heavy (non-hydrogen) atoms. The molecule has 0 heterocycles. The van der Waals surface area contributed by atoms with Gasteiger partial charge in [0.2, 0.25) is 0 Å². The van der Waals surface area contributed by atoms with Crippen LogP contribution in [0.3, 0.4) is 0 Å². The number of hydrogen-bond donors (Lipinski definition) is 0. The molecule has 0 radical (unpaired) electrons. The normalized spacial score (nSPS) is 13.7. The van der Waals surface area contributed by atoms with Crippen LogP contribution in [0.5, 0.6) is 0 Å². The molecule has 0 aliphatic heterocycles. The monoisotopic (exact) mass is 316 g/mol. The van der Waals surface area contributed by atoms with Crippen LogP contribution in [0.25, 0.3) is 5.57 Å². The van der Waals surface area contributed by atoms with Crippen molar-refractivity contribution in [2.75, 3.05) is 0 Å². The second kappa shape index (κ2) is 6.61. The van der Waals surface area contributed by atoms with E-state index in [0.717, 1.165) is 30.0 Å². The Morgan fingerprint density at radius 3 is 2.43 bits per heavy atom. The van der Waals surface area contributed by atoms with Crippen molar-refractivity contribution in [3.05, 3.63) is 76.1 Å². The molecule has 0 aromatic heterocycles. The number of rotatable bonds is 4. The summed E-state index contributed by atoms with van der Waals surface area (Å²) < 4.78 is 40.5. The summed E-state index contributed by atoms with van der Waals surface area (Å²) in [5.74, 6) is -3.54. The Kier molecular flexibility index (Phi) is 4.56. The molecule has 2 aromatic rings. The van der Waals surface area contributed by atoms with Gasteiger partial charge in [-0.1, -0.05) is 43.7 Å². The molecule has 0 amide bonds. The Hall–Kier alpha value is -2.03. The van der Waals surface area contributed by atoms with E-state index >= 15 is 0 Å². The van der Waals surface area contributed by atoms with Crippen LogP contribution in [0.2, 0.25) is 0 Å². The van der Waals surface area contributed by atoms with Gasteiger partial charge in [0.25, 0.3) is 0 Å². The third kappa shape index (κ3) is 3.19. The van der Waals surface area contributed by atoms with E-state index in [2.05, 4.69) is 31.2 Å². The van der Waals surface area contributed by atoms with Crippen molar-refractivity contribution in [2.45, 2.75) is 39.0 Å². The minimum Gasteiger partial charge on any atom is -0.204 e. The van der Waals surface area contributed by atoms with Crippen molar-refractivity contribution in [1.82, 2.24) is 0 Å². The van der Waals surface area contributed by atoms with E-state index in [0.29, 0.717) is 18.4 Å². The SMILES string of the molecule is CCCCc1ccc(C2=CCc3c(cc(F)c(F)c3F)C2)cc1. The average molecular weight is 316 g/mol. The zero-order chi connectivity index (χ0) is 16.4. The number of benzene rings is 2. The molecule has 0 saturated heterocycles. The maximum Gasteiger partial charge on any atom is 0.194 e. The lowest BCUT2D eigenvalue weighted by atomic mass is 9.87. The minimum absolute atomic E-state index is 0.271. The van der Waals surface area contributed by atoms with E-state index in [1.807, 2.05) is 6.08 Å². The number of allylic oxidation sites excluding steroid dienone is 2. The molecular weight excluding hydrogens is 297 g/mol. The summed E-state index contributed by atoms with van der Waals surface area (Å²) >= 11 is 0. The summed E-state index contributed by atoms with van der Waals surface area (Å²) in [4.78, 5) is 0. The summed E-state index contributed by atoms with van der Waals surface area (Å²) in [6, 6.07) is 9.44. The molecule has 0 fully saturated rings. The number of halogens is 3. The first-order valence-corrected chi connectivity index (χ1v) is 8.03. The Labute approximate surface area is 134 Å². The Morgan fingerprint density at radius 2 is 1.74 bits per heavy atom. The number of unbranched alkanes of at least 4 members (excludes halogenated alkanes) is 1. The predicted octanol–water partition coefficient (Wildman–Crippen LogP) is 5.63. The Bertz CT molecular complexity index is 742. The fourth-order valence-corrected chi connectivity index (χ4v) is 3.05. The molecule has 1 aliphatic rings. The van der Waals surface area contributed by atoms with E-state index in [4.69, 9.17) is 0 Å². The van der Waals surface area contributed by atoms with Gasteiger partial charge in [0.15, 0.2) is 17.5 Å². The molecule has 0 nitrogen and oxygen atoms in total. The standard InChI is InChI=1S/C20H19F3/c1-2-3-4-13-5-7-14(8-6-13)15-9-10-17-16(11-15)12-18(21)20(23)19(17)22/h5-9,12H,2-4,10-11H2,1H3. The first-order valence-electron chi connectivity index (χ1n) is 8.03. The highest BCUT2D eigenvalue weighted by Crippen LogP contribution is 2.31. The van der Waals surface area contributed by atoms with Gasteiger partial charge in [-0.3, -0.25) is 0 Å². The van der Waals surface area contributed by atoms with E-state index in [9.17, 15) is 13.2 Å². The molecule has 0 spiro atoms. The van der Waals surface area contributed by atoms with E-state index in [-0.39, 0.29) is 5.56 Å². The molecular formula is C20H19F3. The molecule has 120 valence electrons. The van der Waals surface area contributed by atoms with Crippen LogP contribution < -0.4 is 0 Å². The van der Waals surface area contributed by atoms with Gasteiger partial charge in [-0.05, 0) is 59.6 Å². The van der Waals surface area contributed by atoms with Crippen molar-refractivity contribution in [3.63, 3.8) is 0 Å². The first kappa shape index (κ1) is 15.9. The third-order valence-electron chi connectivity index (χ3n) is 4.43. The van der Waals surface area contributed by atoms with Crippen LogP contribution in [0, 0.1) is 17.5 Å². The van der Waals surface area contributed by atoms with E-state index in [1.165, 1.54) is 12.0 Å². The van der Waals surface area contributed by atoms with Gasteiger partial charge < -0.3 is 0 Å². The molecule has 2 aromatic carbocycles. The van der Waals surface area contributed by atoms with Crippen molar-refractivity contribution >= 4 is 5.57 Å². The zero-order valence-electron chi connectivity index (χ0n) is 13.1. The van der Waals surface area contributed by atoms with Crippen molar-refractivity contribution < 1.29 is 13.2 Å². The number of fused-ring (bicyclic) bond motifs is 1. The highest BCUT2D eigenvalue weighted by Gasteiger charge is 2.21. The lowest BCUT2D eigenvalue weighted by Gasteiger charge is -2.19. The van der Waals surface area contributed by atoms with Gasteiger partial charge in [-0.25, -0.2) is 13.2 Å². The molecule has 3 rings (SSSR count). The van der Waals surface area contributed by atoms with Gasteiger partial charge in [-0.15, -0.1) is 0 Å². The third-order valence-corrected chi connectivity index (χ3v) is 4.43. The fourth-order valence-electron chi connectivity index (χ4n) is 3.05. The maximum absolute atomic E-state index is 13.8. The Morgan fingerprint density at radius 1 is 1.00 bits per heavy atom.